The molecule has 0 amide bonds. The SMILES string of the molecule is NC(=S)c1ccc(Cl)cc1NCCOC1CCCC1. The number of hydrogen-bond acceptors (Lipinski definition) is 3. The van der Waals surface area contributed by atoms with Gasteiger partial charge in [0.05, 0.1) is 12.7 Å². The molecule has 0 bridgehead atoms. The van der Waals surface area contributed by atoms with Gasteiger partial charge in [-0.25, -0.2) is 0 Å². The van der Waals surface area contributed by atoms with Crippen molar-refractivity contribution in [1.29, 1.82) is 0 Å². The molecule has 1 aromatic rings. The fourth-order valence-corrected chi connectivity index (χ4v) is 2.69. The van der Waals surface area contributed by atoms with Gasteiger partial charge >= 0.3 is 0 Å². The number of hydrogen-bond donors (Lipinski definition) is 2. The molecule has 19 heavy (non-hydrogen) atoms. The number of rotatable bonds is 6. The highest BCUT2D eigenvalue weighted by molar-refractivity contribution is 7.80. The number of nitrogens with one attached hydrogen (secondary N) is 1. The molecule has 0 saturated heterocycles. The second-order valence-electron chi connectivity index (χ2n) is 4.76. The largest absolute Gasteiger partial charge is 0.389 e. The fraction of sp³-hybridized carbons (Fsp3) is 0.500. The summed E-state index contributed by atoms with van der Waals surface area (Å²) in [5.41, 5.74) is 7.38. The summed E-state index contributed by atoms with van der Waals surface area (Å²) >= 11 is 11.0. The van der Waals surface area contributed by atoms with Crippen LogP contribution in [0.4, 0.5) is 5.69 Å². The van der Waals surface area contributed by atoms with Crippen molar-refractivity contribution in [3.8, 4) is 0 Å². The smallest absolute Gasteiger partial charge is 0.106 e. The van der Waals surface area contributed by atoms with Gasteiger partial charge in [-0.2, -0.15) is 0 Å². The highest BCUT2D eigenvalue weighted by Crippen LogP contribution is 2.22. The monoisotopic (exact) mass is 298 g/mol. The molecule has 0 spiro atoms. The molecule has 0 aromatic heterocycles. The molecule has 0 aliphatic heterocycles. The average Bonchev–Trinajstić information content (AvgIpc) is 2.87. The Morgan fingerprint density at radius 3 is 2.84 bits per heavy atom. The van der Waals surface area contributed by atoms with Crippen LogP contribution in [-0.4, -0.2) is 24.2 Å². The van der Waals surface area contributed by atoms with Crippen molar-refractivity contribution in [2.75, 3.05) is 18.5 Å². The van der Waals surface area contributed by atoms with Crippen LogP contribution in [0.5, 0.6) is 0 Å². The van der Waals surface area contributed by atoms with Gasteiger partial charge in [0.2, 0.25) is 0 Å². The second kappa shape index (κ2) is 7.08. The third-order valence-corrected chi connectivity index (χ3v) is 3.78. The Balaban J connectivity index is 1.84. The van der Waals surface area contributed by atoms with Crippen molar-refractivity contribution in [3.63, 3.8) is 0 Å². The van der Waals surface area contributed by atoms with Crippen LogP contribution in [0.2, 0.25) is 5.02 Å². The summed E-state index contributed by atoms with van der Waals surface area (Å²) in [6, 6.07) is 5.46. The number of benzene rings is 1. The van der Waals surface area contributed by atoms with Crippen molar-refractivity contribution in [2.24, 2.45) is 5.73 Å². The zero-order valence-electron chi connectivity index (χ0n) is 10.8. The van der Waals surface area contributed by atoms with E-state index in [1.54, 1.807) is 6.07 Å². The molecular weight excluding hydrogens is 280 g/mol. The first-order valence-electron chi connectivity index (χ1n) is 6.61. The highest BCUT2D eigenvalue weighted by atomic mass is 35.5. The molecule has 0 heterocycles. The van der Waals surface area contributed by atoms with E-state index in [2.05, 4.69) is 5.32 Å². The van der Waals surface area contributed by atoms with Gasteiger partial charge < -0.3 is 15.8 Å². The first-order valence-corrected chi connectivity index (χ1v) is 7.40. The van der Waals surface area contributed by atoms with Crippen LogP contribution in [-0.2, 0) is 4.74 Å². The topological polar surface area (TPSA) is 47.3 Å². The maximum Gasteiger partial charge on any atom is 0.106 e. The van der Waals surface area contributed by atoms with Gasteiger partial charge in [-0.3, -0.25) is 0 Å². The molecule has 0 unspecified atom stereocenters. The molecule has 3 N–H and O–H groups in total. The Morgan fingerprint density at radius 2 is 2.16 bits per heavy atom. The molecule has 0 radical (unpaired) electrons. The minimum atomic E-state index is 0.371. The van der Waals surface area contributed by atoms with E-state index in [0.29, 0.717) is 22.7 Å². The van der Waals surface area contributed by atoms with Crippen molar-refractivity contribution in [1.82, 2.24) is 0 Å². The third kappa shape index (κ3) is 4.34. The van der Waals surface area contributed by atoms with Gasteiger partial charge in [0.1, 0.15) is 4.99 Å². The normalized spacial score (nSPS) is 15.6. The average molecular weight is 299 g/mol. The number of thiocarbonyl (C=S) groups is 1. The van der Waals surface area contributed by atoms with E-state index in [4.69, 9.17) is 34.3 Å². The van der Waals surface area contributed by atoms with E-state index in [9.17, 15) is 0 Å². The van der Waals surface area contributed by atoms with Crippen molar-refractivity contribution in [2.45, 2.75) is 31.8 Å². The number of ether oxygens (including phenoxy) is 1. The quantitative estimate of drug-likeness (QED) is 0.624. The molecule has 1 aromatic carbocycles. The number of anilines is 1. The molecule has 0 atom stereocenters. The predicted molar refractivity (Wildman–Crippen MR) is 84.0 cm³/mol. The lowest BCUT2D eigenvalue weighted by Crippen LogP contribution is -2.18. The third-order valence-electron chi connectivity index (χ3n) is 3.32. The molecule has 104 valence electrons. The summed E-state index contributed by atoms with van der Waals surface area (Å²) in [4.78, 5) is 0.371. The fourth-order valence-electron chi connectivity index (χ4n) is 2.34. The van der Waals surface area contributed by atoms with Crippen LogP contribution >= 0.6 is 23.8 Å². The van der Waals surface area contributed by atoms with E-state index in [1.807, 2.05) is 12.1 Å². The second-order valence-corrected chi connectivity index (χ2v) is 5.63. The lowest BCUT2D eigenvalue weighted by atomic mass is 10.2. The maximum atomic E-state index is 5.98. The van der Waals surface area contributed by atoms with Crippen LogP contribution in [0.25, 0.3) is 0 Å². The standard InChI is InChI=1S/C14H19ClN2OS/c15-10-5-6-12(14(16)19)13(9-10)17-7-8-18-11-3-1-2-4-11/h5-6,9,11,17H,1-4,7-8H2,(H2,16,19). The highest BCUT2D eigenvalue weighted by Gasteiger charge is 2.14. The summed E-state index contributed by atoms with van der Waals surface area (Å²) < 4.78 is 5.80. The molecule has 5 heteroatoms. The van der Waals surface area contributed by atoms with Gasteiger partial charge in [-0.05, 0) is 31.0 Å². The van der Waals surface area contributed by atoms with E-state index in [1.165, 1.54) is 25.7 Å². The lowest BCUT2D eigenvalue weighted by Gasteiger charge is -2.14. The van der Waals surface area contributed by atoms with Crippen molar-refractivity contribution < 1.29 is 4.74 Å². The van der Waals surface area contributed by atoms with E-state index >= 15 is 0 Å². The van der Waals surface area contributed by atoms with Crippen LogP contribution in [0.3, 0.4) is 0 Å². The van der Waals surface area contributed by atoms with Crippen LogP contribution < -0.4 is 11.1 Å². The van der Waals surface area contributed by atoms with E-state index in [0.717, 1.165) is 17.8 Å². The molecular formula is C14H19ClN2OS. The minimum absolute atomic E-state index is 0.371. The zero-order valence-corrected chi connectivity index (χ0v) is 12.4. The minimum Gasteiger partial charge on any atom is -0.389 e. The summed E-state index contributed by atoms with van der Waals surface area (Å²) in [7, 11) is 0. The first-order chi connectivity index (χ1) is 9.16. The van der Waals surface area contributed by atoms with Gasteiger partial charge in [-0.1, -0.05) is 36.7 Å². The molecule has 3 nitrogen and oxygen atoms in total. The number of nitrogens with two attached hydrogens (primary N) is 1. The Morgan fingerprint density at radius 1 is 1.42 bits per heavy atom. The van der Waals surface area contributed by atoms with Crippen molar-refractivity contribution in [3.05, 3.63) is 28.8 Å². The van der Waals surface area contributed by atoms with Gasteiger partial charge in [-0.15, -0.1) is 0 Å². The predicted octanol–water partition coefficient (Wildman–Crippen LogP) is 3.35. The molecule has 1 aliphatic rings. The maximum absolute atomic E-state index is 5.98. The Kier molecular flexibility index (Phi) is 5.43. The van der Waals surface area contributed by atoms with Crippen molar-refractivity contribution >= 4 is 34.5 Å². The lowest BCUT2D eigenvalue weighted by molar-refractivity contribution is 0.0659. The summed E-state index contributed by atoms with van der Waals surface area (Å²) in [6.45, 7) is 1.42. The molecule has 1 fully saturated rings. The zero-order chi connectivity index (χ0) is 13.7. The van der Waals surface area contributed by atoms with E-state index < -0.39 is 0 Å². The summed E-state index contributed by atoms with van der Waals surface area (Å²) in [6.07, 6.45) is 5.40. The van der Waals surface area contributed by atoms with Gasteiger partial charge in [0.15, 0.2) is 0 Å². The number of halogens is 1. The molecule has 2 rings (SSSR count). The molecule has 1 saturated carbocycles. The summed E-state index contributed by atoms with van der Waals surface area (Å²) in [5, 5.41) is 3.95. The van der Waals surface area contributed by atoms with Gasteiger partial charge in [0, 0.05) is 22.8 Å². The Labute approximate surface area is 124 Å². The molecule has 1 aliphatic carbocycles. The van der Waals surface area contributed by atoms with Crippen LogP contribution in [0, 0.1) is 0 Å². The Bertz CT molecular complexity index is 447. The Hall–Kier alpha value is -0.840. The van der Waals surface area contributed by atoms with Crippen LogP contribution in [0.15, 0.2) is 18.2 Å². The van der Waals surface area contributed by atoms with Crippen LogP contribution in [0.1, 0.15) is 31.2 Å². The van der Waals surface area contributed by atoms with Gasteiger partial charge in [0.25, 0.3) is 0 Å². The summed E-state index contributed by atoms with van der Waals surface area (Å²) in [5.74, 6) is 0. The first kappa shape index (κ1) is 14.6. The van der Waals surface area contributed by atoms with E-state index in [-0.39, 0.29) is 0 Å².